The molecule has 19 heavy (non-hydrogen) atoms. The quantitative estimate of drug-likeness (QED) is 0.770. The Kier molecular flexibility index (Phi) is 3.12. The number of carbonyl (C=O) groups excluding carboxylic acids is 1. The molecular weight excluding hydrogens is 288 g/mol. The molecule has 0 radical (unpaired) electrons. The highest BCUT2D eigenvalue weighted by Gasteiger charge is 2.45. The van der Waals surface area contributed by atoms with Crippen LogP contribution in [0.2, 0.25) is 0 Å². The maximum absolute atomic E-state index is 12.4. The first kappa shape index (κ1) is 13.0. The van der Waals surface area contributed by atoms with Crippen molar-refractivity contribution in [1.82, 2.24) is 9.21 Å². The molecule has 1 aromatic rings. The van der Waals surface area contributed by atoms with Gasteiger partial charge >= 0.3 is 0 Å². The average Bonchev–Trinajstić information content (AvgIpc) is 3.02. The molecule has 2 aliphatic heterocycles. The molecule has 0 aliphatic carbocycles. The topological polar surface area (TPSA) is 66.9 Å². The van der Waals surface area contributed by atoms with Gasteiger partial charge in [-0.05, 0) is 11.4 Å². The number of rotatable bonds is 2. The largest absolute Gasteiger partial charge is 0.365 e. The summed E-state index contributed by atoms with van der Waals surface area (Å²) in [6.45, 7) is 0.639. The molecule has 0 bridgehead atoms. The number of amides is 1. The van der Waals surface area contributed by atoms with Gasteiger partial charge in [0.25, 0.3) is 10.0 Å². The molecule has 0 aromatic carbocycles. The fourth-order valence-corrected chi connectivity index (χ4v) is 5.07. The van der Waals surface area contributed by atoms with E-state index in [1.165, 1.54) is 15.6 Å². The second-order valence-electron chi connectivity index (χ2n) is 4.68. The van der Waals surface area contributed by atoms with Gasteiger partial charge in [0.2, 0.25) is 5.91 Å². The van der Waals surface area contributed by atoms with Gasteiger partial charge in [-0.15, -0.1) is 11.3 Å². The molecule has 2 unspecified atom stereocenters. The van der Waals surface area contributed by atoms with Crippen molar-refractivity contribution in [3.05, 3.63) is 17.5 Å². The highest BCUT2D eigenvalue weighted by Crippen LogP contribution is 2.29. The number of morpholine rings is 1. The highest BCUT2D eigenvalue weighted by atomic mass is 32.2. The Morgan fingerprint density at radius 2 is 2.21 bits per heavy atom. The predicted molar refractivity (Wildman–Crippen MR) is 69.4 cm³/mol. The van der Waals surface area contributed by atoms with Crippen LogP contribution >= 0.6 is 11.3 Å². The van der Waals surface area contributed by atoms with Gasteiger partial charge in [-0.3, -0.25) is 4.79 Å². The van der Waals surface area contributed by atoms with E-state index < -0.39 is 10.0 Å². The highest BCUT2D eigenvalue weighted by molar-refractivity contribution is 7.91. The SMILES string of the molecule is CN1C(=O)COC2CN(S(=O)(=O)c3cccs3)CC21. The lowest BCUT2D eigenvalue weighted by atomic mass is 10.1. The zero-order valence-electron chi connectivity index (χ0n) is 10.4. The number of thiophene rings is 1. The van der Waals surface area contributed by atoms with E-state index in [9.17, 15) is 13.2 Å². The number of nitrogens with zero attached hydrogens (tertiary/aromatic N) is 2. The van der Waals surface area contributed by atoms with Crippen molar-refractivity contribution in [2.45, 2.75) is 16.4 Å². The maximum Gasteiger partial charge on any atom is 0.252 e. The van der Waals surface area contributed by atoms with Crippen LogP contribution in [0.4, 0.5) is 0 Å². The van der Waals surface area contributed by atoms with E-state index >= 15 is 0 Å². The summed E-state index contributed by atoms with van der Waals surface area (Å²) in [6, 6.07) is 3.13. The minimum Gasteiger partial charge on any atom is -0.365 e. The normalized spacial score (nSPS) is 28.7. The second-order valence-corrected chi connectivity index (χ2v) is 7.79. The van der Waals surface area contributed by atoms with Crippen LogP contribution in [0.1, 0.15) is 0 Å². The molecule has 2 saturated heterocycles. The van der Waals surface area contributed by atoms with Gasteiger partial charge in [0.05, 0.1) is 12.1 Å². The first-order chi connectivity index (χ1) is 9.00. The third kappa shape index (κ3) is 2.08. The van der Waals surface area contributed by atoms with Crippen molar-refractivity contribution in [3.63, 3.8) is 0 Å². The third-order valence-corrected chi connectivity index (χ3v) is 6.81. The van der Waals surface area contributed by atoms with E-state index in [0.717, 1.165) is 0 Å². The van der Waals surface area contributed by atoms with Crippen molar-refractivity contribution in [2.24, 2.45) is 0 Å². The minimum absolute atomic E-state index is 0.0323. The Labute approximate surface area is 115 Å². The molecule has 2 atom stereocenters. The number of fused-ring (bicyclic) bond motifs is 1. The van der Waals surface area contributed by atoms with Crippen LogP contribution in [0.15, 0.2) is 21.7 Å². The molecule has 6 nitrogen and oxygen atoms in total. The Bertz CT molecular complexity index is 584. The summed E-state index contributed by atoms with van der Waals surface area (Å²) in [5.41, 5.74) is 0. The van der Waals surface area contributed by atoms with E-state index in [1.807, 2.05) is 0 Å². The summed E-state index contributed by atoms with van der Waals surface area (Å²) in [7, 11) is -1.76. The van der Waals surface area contributed by atoms with Crippen LogP contribution in [0, 0.1) is 0 Å². The molecule has 1 aromatic heterocycles. The molecular formula is C11H14N2O4S2. The predicted octanol–water partition coefficient (Wildman–Crippen LogP) is -0.0218. The smallest absolute Gasteiger partial charge is 0.252 e. The van der Waals surface area contributed by atoms with Crippen molar-refractivity contribution in [1.29, 1.82) is 0 Å². The van der Waals surface area contributed by atoms with Crippen LogP contribution in [-0.2, 0) is 19.6 Å². The number of carbonyl (C=O) groups is 1. The molecule has 3 rings (SSSR count). The fourth-order valence-electron chi connectivity index (χ4n) is 2.46. The van der Waals surface area contributed by atoms with Crippen LogP contribution in [-0.4, -0.2) is 62.4 Å². The lowest BCUT2D eigenvalue weighted by molar-refractivity contribution is -0.150. The van der Waals surface area contributed by atoms with Crippen molar-refractivity contribution in [3.8, 4) is 0 Å². The van der Waals surface area contributed by atoms with Gasteiger partial charge in [0.15, 0.2) is 0 Å². The standard InChI is InChI=1S/C11H14N2O4S2/c1-12-8-5-13(6-9(8)17-7-10(12)14)19(15,16)11-3-2-4-18-11/h2-4,8-9H,5-7H2,1H3. The summed E-state index contributed by atoms with van der Waals surface area (Å²) in [5, 5.41) is 1.74. The molecule has 0 spiro atoms. The summed E-state index contributed by atoms with van der Waals surface area (Å²) in [5.74, 6) is -0.100. The van der Waals surface area contributed by atoms with Crippen molar-refractivity contribution < 1.29 is 17.9 Å². The lowest BCUT2D eigenvalue weighted by Gasteiger charge is -2.33. The van der Waals surface area contributed by atoms with Gasteiger partial charge in [0, 0.05) is 20.1 Å². The molecule has 0 N–H and O–H groups in total. The number of hydrogen-bond acceptors (Lipinski definition) is 5. The number of hydrogen-bond donors (Lipinski definition) is 0. The molecule has 0 saturated carbocycles. The average molecular weight is 302 g/mol. The fraction of sp³-hybridized carbons (Fsp3) is 0.545. The van der Waals surface area contributed by atoms with Crippen LogP contribution in [0.5, 0.6) is 0 Å². The second kappa shape index (κ2) is 4.55. The van der Waals surface area contributed by atoms with Gasteiger partial charge in [0.1, 0.15) is 10.8 Å². The summed E-state index contributed by atoms with van der Waals surface area (Å²) in [6.07, 6.45) is -0.225. The summed E-state index contributed by atoms with van der Waals surface area (Å²) >= 11 is 1.20. The van der Waals surface area contributed by atoms with E-state index in [2.05, 4.69) is 0 Å². The minimum atomic E-state index is -3.46. The molecule has 3 heterocycles. The van der Waals surface area contributed by atoms with Gasteiger partial charge in [-0.2, -0.15) is 4.31 Å². The number of sulfonamides is 1. The lowest BCUT2D eigenvalue weighted by Crippen LogP contribution is -2.51. The first-order valence-corrected chi connectivity index (χ1v) is 8.23. The summed E-state index contributed by atoms with van der Waals surface area (Å²) in [4.78, 5) is 13.2. The number of ether oxygens (including phenoxy) is 1. The Hall–Kier alpha value is -0.960. The van der Waals surface area contributed by atoms with Crippen LogP contribution in [0.3, 0.4) is 0 Å². The molecule has 104 valence electrons. The molecule has 1 amide bonds. The van der Waals surface area contributed by atoms with Crippen molar-refractivity contribution >= 4 is 27.3 Å². The summed E-state index contributed by atoms with van der Waals surface area (Å²) < 4.78 is 32.0. The van der Waals surface area contributed by atoms with E-state index in [0.29, 0.717) is 17.3 Å². The maximum atomic E-state index is 12.4. The zero-order valence-corrected chi connectivity index (χ0v) is 12.0. The van der Waals surface area contributed by atoms with Gasteiger partial charge in [-0.1, -0.05) is 6.07 Å². The Morgan fingerprint density at radius 3 is 2.89 bits per heavy atom. The number of likely N-dealkylation sites (N-methyl/N-ethyl adjacent to an activating group) is 1. The third-order valence-electron chi connectivity index (χ3n) is 3.60. The van der Waals surface area contributed by atoms with Crippen LogP contribution in [0.25, 0.3) is 0 Å². The first-order valence-electron chi connectivity index (χ1n) is 5.91. The molecule has 2 aliphatic rings. The van der Waals surface area contributed by atoms with E-state index in [-0.39, 0.29) is 24.7 Å². The Morgan fingerprint density at radius 1 is 1.42 bits per heavy atom. The zero-order chi connectivity index (χ0) is 13.6. The van der Waals surface area contributed by atoms with Crippen LogP contribution < -0.4 is 0 Å². The van der Waals surface area contributed by atoms with Crippen molar-refractivity contribution in [2.75, 3.05) is 26.7 Å². The van der Waals surface area contributed by atoms with Gasteiger partial charge in [-0.25, -0.2) is 8.42 Å². The van der Waals surface area contributed by atoms with E-state index in [4.69, 9.17) is 4.74 Å². The molecule has 2 fully saturated rings. The Balaban J connectivity index is 1.85. The van der Waals surface area contributed by atoms with Gasteiger partial charge < -0.3 is 9.64 Å². The monoisotopic (exact) mass is 302 g/mol. The molecule has 8 heteroatoms. The van der Waals surface area contributed by atoms with E-state index in [1.54, 1.807) is 29.5 Å².